The van der Waals surface area contributed by atoms with Gasteiger partial charge in [-0.15, -0.1) is 0 Å². The number of alkyl halides is 1. The van der Waals surface area contributed by atoms with Gasteiger partial charge in [-0.2, -0.15) is 0 Å². The molecule has 0 aliphatic heterocycles. The summed E-state index contributed by atoms with van der Waals surface area (Å²) in [5.74, 6) is 0. The lowest BCUT2D eigenvalue weighted by molar-refractivity contribution is 1.13. The molecule has 0 radical (unpaired) electrons. The quantitative estimate of drug-likeness (QED) is 0.617. The van der Waals surface area contributed by atoms with Crippen molar-refractivity contribution in [1.82, 2.24) is 0 Å². The summed E-state index contributed by atoms with van der Waals surface area (Å²) in [6.07, 6.45) is 0. The van der Waals surface area contributed by atoms with E-state index in [9.17, 15) is 0 Å². The van der Waals surface area contributed by atoms with Gasteiger partial charge in [-0.1, -0.05) is 51.8 Å². The van der Waals surface area contributed by atoms with Crippen molar-refractivity contribution in [3.63, 3.8) is 0 Å². The van der Waals surface area contributed by atoms with Crippen LogP contribution < -0.4 is 0 Å². The maximum absolute atomic E-state index is 6.00. The Bertz CT molecular complexity index is 575. The molecular weight excluding hydrogens is 308 g/mol. The zero-order valence-electron chi connectivity index (χ0n) is 10.8. The average Bonchev–Trinajstić information content (AvgIpc) is 2.32. The minimum Gasteiger partial charge on any atom is -0.0843 e. The number of halogens is 2. The largest absolute Gasteiger partial charge is 0.0843 e. The van der Waals surface area contributed by atoms with Gasteiger partial charge in [0, 0.05) is 5.02 Å². The van der Waals surface area contributed by atoms with E-state index in [0.29, 0.717) is 0 Å². The normalized spacial score (nSPS) is 12.5. The zero-order chi connectivity index (χ0) is 13.3. The lowest BCUT2D eigenvalue weighted by Gasteiger charge is -2.15. The van der Waals surface area contributed by atoms with Crippen LogP contribution in [0.3, 0.4) is 0 Å². The van der Waals surface area contributed by atoms with Gasteiger partial charge in [0.1, 0.15) is 0 Å². The van der Waals surface area contributed by atoms with Gasteiger partial charge in [0.15, 0.2) is 0 Å². The van der Waals surface area contributed by atoms with E-state index in [-0.39, 0.29) is 4.83 Å². The molecule has 18 heavy (non-hydrogen) atoms. The summed E-state index contributed by atoms with van der Waals surface area (Å²) in [4.78, 5) is 0.217. The fraction of sp³-hybridized carbons (Fsp3) is 0.250. The highest BCUT2D eigenvalue weighted by atomic mass is 79.9. The lowest BCUT2D eigenvalue weighted by atomic mass is 9.98. The van der Waals surface area contributed by atoms with Crippen molar-refractivity contribution in [2.45, 2.75) is 25.6 Å². The minimum absolute atomic E-state index is 0.217. The molecule has 0 nitrogen and oxygen atoms in total. The summed E-state index contributed by atoms with van der Waals surface area (Å²) in [5, 5.41) is 0.788. The van der Waals surface area contributed by atoms with Gasteiger partial charge in [-0.3, -0.25) is 0 Å². The van der Waals surface area contributed by atoms with Crippen LogP contribution in [0.4, 0.5) is 0 Å². The van der Waals surface area contributed by atoms with E-state index < -0.39 is 0 Å². The maximum Gasteiger partial charge on any atom is 0.0647 e. The molecule has 0 aromatic heterocycles. The van der Waals surface area contributed by atoms with Gasteiger partial charge in [0.2, 0.25) is 0 Å². The van der Waals surface area contributed by atoms with Crippen LogP contribution in [0.25, 0.3) is 0 Å². The summed E-state index contributed by atoms with van der Waals surface area (Å²) in [5.41, 5.74) is 6.41. The second-order valence-electron chi connectivity index (χ2n) is 4.71. The molecule has 2 heteroatoms. The van der Waals surface area contributed by atoms with E-state index in [4.69, 9.17) is 11.6 Å². The molecule has 2 aromatic rings. The van der Waals surface area contributed by atoms with E-state index in [1.165, 1.54) is 27.8 Å². The van der Waals surface area contributed by atoms with Crippen LogP contribution in [-0.4, -0.2) is 0 Å². The van der Waals surface area contributed by atoms with Crippen LogP contribution in [0.5, 0.6) is 0 Å². The summed E-state index contributed by atoms with van der Waals surface area (Å²) >= 11 is 9.78. The smallest absolute Gasteiger partial charge is 0.0647 e. The molecular formula is C16H16BrCl. The highest BCUT2D eigenvalue weighted by Crippen LogP contribution is 2.34. The third kappa shape index (κ3) is 2.78. The van der Waals surface area contributed by atoms with Crippen LogP contribution in [0, 0.1) is 20.8 Å². The molecule has 1 atom stereocenters. The monoisotopic (exact) mass is 322 g/mol. The van der Waals surface area contributed by atoms with Crippen LogP contribution in [0.2, 0.25) is 5.02 Å². The summed E-state index contributed by atoms with van der Waals surface area (Å²) in [6, 6.07) is 12.6. The van der Waals surface area contributed by atoms with Gasteiger partial charge in [0.25, 0.3) is 0 Å². The van der Waals surface area contributed by atoms with Crippen molar-refractivity contribution in [3.8, 4) is 0 Å². The molecule has 0 amide bonds. The Hall–Kier alpha value is -0.790. The molecule has 0 heterocycles. The Morgan fingerprint density at radius 2 is 1.61 bits per heavy atom. The van der Waals surface area contributed by atoms with Crippen molar-refractivity contribution in [3.05, 3.63) is 69.2 Å². The van der Waals surface area contributed by atoms with E-state index >= 15 is 0 Å². The number of benzene rings is 2. The molecule has 0 saturated heterocycles. The van der Waals surface area contributed by atoms with Crippen molar-refractivity contribution in [2.24, 2.45) is 0 Å². The Balaban J connectivity index is 2.41. The molecule has 0 aliphatic carbocycles. The third-order valence-corrected chi connectivity index (χ3v) is 4.59. The number of aryl methyl sites for hydroxylation is 3. The Morgan fingerprint density at radius 3 is 2.22 bits per heavy atom. The summed E-state index contributed by atoms with van der Waals surface area (Å²) in [6.45, 7) is 6.37. The zero-order valence-corrected chi connectivity index (χ0v) is 13.1. The Kier molecular flexibility index (Phi) is 4.14. The predicted octanol–water partition coefficient (Wildman–Crippen LogP) is 5.75. The molecule has 0 saturated carbocycles. The van der Waals surface area contributed by atoms with Gasteiger partial charge in [0.05, 0.1) is 4.83 Å². The number of hydrogen-bond donors (Lipinski definition) is 0. The first kappa shape index (κ1) is 13.6. The number of hydrogen-bond acceptors (Lipinski definition) is 0. The maximum atomic E-state index is 6.00. The molecule has 1 unspecified atom stereocenters. The Morgan fingerprint density at radius 1 is 0.889 bits per heavy atom. The fourth-order valence-corrected chi connectivity index (χ4v) is 3.05. The molecule has 2 aromatic carbocycles. The van der Waals surface area contributed by atoms with E-state index in [1.54, 1.807) is 0 Å². The van der Waals surface area contributed by atoms with E-state index in [2.05, 4.69) is 61.0 Å². The van der Waals surface area contributed by atoms with Crippen LogP contribution in [0.1, 0.15) is 32.6 Å². The topological polar surface area (TPSA) is 0 Å². The molecule has 2 rings (SSSR count). The van der Waals surface area contributed by atoms with Crippen molar-refractivity contribution >= 4 is 27.5 Å². The van der Waals surface area contributed by atoms with Crippen LogP contribution in [-0.2, 0) is 0 Å². The van der Waals surface area contributed by atoms with Gasteiger partial charge < -0.3 is 0 Å². The van der Waals surface area contributed by atoms with Crippen LogP contribution >= 0.6 is 27.5 Å². The van der Waals surface area contributed by atoms with Crippen LogP contribution in [0.15, 0.2) is 36.4 Å². The van der Waals surface area contributed by atoms with Gasteiger partial charge in [-0.05, 0) is 60.7 Å². The molecule has 0 spiro atoms. The lowest BCUT2D eigenvalue weighted by Crippen LogP contribution is -1.97. The standard InChI is InChI=1S/C16H16BrCl/c1-10-4-5-13(8-11(10)2)16(17)15-7-6-14(18)9-12(15)3/h4-9,16H,1-3H3. The van der Waals surface area contributed by atoms with Crippen molar-refractivity contribution < 1.29 is 0 Å². The molecule has 0 bridgehead atoms. The van der Waals surface area contributed by atoms with E-state index in [0.717, 1.165) is 5.02 Å². The first-order valence-electron chi connectivity index (χ1n) is 5.96. The van der Waals surface area contributed by atoms with E-state index in [1.807, 2.05) is 12.1 Å². The average molecular weight is 324 g/mol. The first-order chi connectivity index (χ1) is 8.49. The number of rotatable bonds is 2. The highest BCUT2D eigenvalue weighted by molar-refractivity contribution is 9.09. The molecule has 94 valence electrons. The van der Waals surface area contributed by atoms with Gasteiger partial charge in [-0.25, -0.2) is 0 Å². The van der Waals surface area contributed by atoms with Crippen molar-refractivity contribution in [1.29, 1.82) is 0 Å². The minimum atomic E-state index is 0.217. The molecule has 0 fully saturated rings. The Labute approximate surface area is 122 Å². The fourth-order valence-electron chi connectivity index (χ4n) is 2.03. The molecule has 0 N–H and O–H groups in total. The van der Waals surface area contributed by atoms with Crippen molar-refractivity contribution in [2.75, 3.05) is 0 Å². The predicted molar refractivity (Wildman–Crippen MR) is 82.9 cm³/mol. The third-order valence-electron chi connectivity index (χ3n) is 3.33. The first-order valence-corrected chi connectivity index (χ1v) is 7.25. The van der Waals surface area contributed by atoms with Gasteiger partial charge >= 0.3 is 0 Å². The summed E-state index contributed by atoms with van der Waals surface area (Å²) in [7, 11) is 0. The SMILES string of the molecule is Cc1ccc(C(Br)c2ccc(Cl)cc2C)cc1C. The second kappa shape index (κ2) is 5.46. The molecule has 0 aliphatic rings. The highest BCUT2D eigenvalue weighted by Gasteiger charge is 2.13. The summed E-state index contributed by atoms with van der Waals surface area (Å²) < 4.78 is 0. The second-order valence-corrected chi connectivity index (χ2v) is 6.06.